The molecule has 0 saturated heterocycles. The maximum Gasteiger partial charge on any atom is 0.255 e. The SMILES string of the molecule is CNC(=O)c1cc(F)cc(-c2cc3c(c(C(=O)NC(CO)Cc4c[nH]c5cccc(C)c45)c2)OCCCC3)c1. The van der Waals surface area contributed by atoms with E-state index >= 15 is 0 Å². The molecule has 0 fully saturated rings. The number of hydrogen-bond donors (Lipinski definition) is 4. The number of ether oxygens (including phenoxy) is 1. The zero-order valence-corrected chi connectivity index (χ0v) is 22.1. The number of hydrogen-bond acceptors (Lipinski definition) is 4. The first-order valence-corrected chi connectivity index (χ1v) is 13.2. The van der Waals surface area contributed by atoms with Gasteiger partial charge in [-0.3, -0.25) is 9.59 Å². The van der Waals surface area contributed by atoms with Crippen LogP contribution in [0.1, 0.15) is 50.2 Å². The molecule has 2 heterocycles. The number of carbonyl (C=O) groups is 2. The van der Waals surface area contributed by atoms with Crippen molar-refractivity contribution in [2.24, 2.45) is 0 Å². The molecule has 0 radical (unpaired) electrons. The first-order chi connectivity index (χ1) is 18.9. The minimum Gasteiger partial charge on any atom is -0.492 e. The molecule has 5 rings (SSSR count). The molecule has 1 unspecified atom stereocenters. The summed E-state index contributed by atoms with van der Waals surface area (Å²) in [6.45, 7) is 2.28. The topological polar surface area (TPSA) is 103 Å². The number of aromatic nitrogens is 1. The predicted molar refractivity (Wildman–Crippen MR) is 149 cm³/mol. The Hall–Kier alpha value is -4.17. The van der Waals surface area contributed by atoms with Gasteiger partial charge in [0.2, 0.25) is 0 Å². The highest BCUT2D eigenvalue weighted by molar-refractivity contribution is 6.00. The van der Waals surface area contributed by atoms with Crippen molar-refractivity contribution in [2.75, 3.05) is 20.3 Å². The molecule has 1 aliphatic heterocycles. The molecule has 202 valence electrons. The van der Waals surface area contributed by atoms with Crippen LogP contribution in [0.4, 0.5) is 4.39 Å². The average molecular weight is 530 g/mol. The van der Waals surface area contributed by atoms with E-state index in [0.717, 1.165) is 40.4 Å². The highest BCUT2D eigenvalue weighted by atomic mass is 19.1. The highest BCUT2D eigenvalue weighted by Crippen LogP contribution is 2.35. The lowest BCUT2D eigenvalue weighted by atomic mass is 9.94. The monoisotopic (exact) mass is 529 g/mol. The van der Waals surface area contributed by atoms with Gasteiger partial charge in [0, 0.05) is 29.7 Å². The molecule has 7 nitrogen and oxygen atoms in total. The lowest BCUT2D eigenvalue weighted by Crippen LogP contribution is -2.39. The summed E-state index contributed by atoms with van der Waals surface area (Å²) in [7, 11) is 1.49. The van der Waals surface area contributed by atoms with Crippen molar-refractivity contribution in [1.29, 1.82) is 0 Å². The fraction of sp³-hybridized carbons (Fsp3) is 0.290. The second-order valence-corrected chi connectivity index (χ2v) is 9.99. The fourth-order valence-electron chi connectivity index (χ4n) is 5.31. The number of benzene rings is 3. The predicted octanol–water partition coefficient (Wildman–Crippen LogP) is 4.69. The van der Waals surface area contributed by atoms with Crippen molar-refractivity contribution in [3.8, 4) is 16.9 Å². The number of fused-ring (bicyclic) bond motifs is 2. The minimum atomic E-state index is -0.544. The third-order valence-electron chi connectivity index (χ3n) is 7.24. The quantitative estimate of drug-likeness (QED) is 0.279. The van der Waals surface area contributed by atoms with Gasteiger partial charge in [-0.05, 0) is 96.8 Å². The van der Waals surface area contributed by atoms with Crippen LogP contribution in [0.5, 0.6) is 5.75 Å². The van der Waals surface area contributed by atoms with Crippen LogP contribution < -0.4 is 15.4 Å². The molecule has 8 heteroatoms. The Morgan fingerprint density at radius 3 is 2.72 bits per heavy atom. The summed E-state index contributed by atoms with van der Waals surface area (Å²) >= 11 is 0. The van der Waals surface area contributed by atoms with E-state index in [2.05, 4.69) is 15.6 Å². The number of H-pyrrole nitrogens is 1. The summed E-state index contributed by atoms with van der Waals surface area (Å²) in [4.78, 5) is 29.1. The summed E-state index contributed by atoms with van der Waals surface area (Å²) in [6, 6.07) is 13.2. The second kappa shape index (κ2) is 11.3. The molecule has 0 aliphatic carbocycles. The Balaban J connectivity index is 1.49. The first-order valence-electron chi connectivity index (χ1n) is 13.2. The van der Waals surface area contributed by atoms with Crippen LogP contribution in [0.15, 0.2) is 54.7 Å². The van der Waals surface area contributed by atoms with Gasteiger partial charge >= 0.3 is 0 Å². The van der Waals surface area contributed by atoms with E-state index in [1.54, 1.807) is 12.1 Å². The highest BCUT2D eigenvalue weighted by Gasteiger charge is 2.24. The zero-order chi connectivity index (χ0) is 27.5. The Morgan fingerprint density at radius 2 is 1.92 bits per heavy atom. The van der Waals surface area contributed by atoms with Crippen molar-refractivity contribution in [3.05, 3.63) is 88.4 Å². The van der Waals surface area contributed by atoms with E-state index in [4.69, 9.17) is 4.74 Å². The molecule has 0 bridgehead atoms. The van der Waals surface area contributed by atoms with Gasteiger partial charge in [-0.25, -0.2) is 4.39 Å². The summed E-state index contributed by atoms with van der Waals surface area (Å²) < 4.78 is 20.5. The molecule has 2 amide bonds. The molecule has 4 aromatic rings. The molecule has 3 aromatic carbocycles. The zero-order valence-electron chi connectivity index (χ0n) is 22.1. The van der Waals surface area contributed by atoms with E-state index in [1.165, 1.54) is 19.2 Å². The number of aryl methyl sites for hydroxylation is 2. The number of rotatable bonds is 7. The van der Waals surface area contributed by atoms with Crippen LogP contribution in [-0.2, 0) is 12.8 Å². The van der Waals surface area contributed by atoms with E-state index in [-0.39, 0.29) is 18.1 Å². The number of halogens is 1. The van der Waals surface area contributed by atoms with Gasteiger partial charge in [0.25, 0.3) is 11.8 Å². The molecule has 1 atom stereocenters. The lowest BCUT2D eigenvalue weighted by Gasteiger charge is -2.20. The molecule has 4 N–H and O–H groups in total. The normalized spacial score (nSPS) is 13.7. The van der Waals surface area contributed by atoms with Gasteiger partial charge in [-0.2, -0.15) is 0 Å². The van der Waals surface area contributed by atoms with Crippen LogP contribution in [0.2, 0.25) is 0 Å². The van der Waals surface area contributed by atoms with Gasteiger partial charge in [0.1, 0.15) is 11.6 Å². The molecule has 0 saturated carbocycles. The maximum atomic E-state index is 14.5. The Kier molecular flexibility index (Phi) is 7.65. The molecular weight excluding hydrogens is 497 g/mol. The maximum absolute atomic E-state index is 14.5. The minimum absolute atomic E-state index is 0.194. The van der Waals surface area contributed by atoms with Crippen LogP contribution in [-0.4, -0.2) is 48.2 Å². The number of aliphatic hydroxyl groups is 1. The number of carbonyl (C=O) groups excluding carboxylic acids is 2. The van der Waals surface area contributed by atoms with Gasteiger partial charge < -0.3 is 25.5 Å². The van der Waals surface area contributed by atoms with E-state index in [0.29, 0.717) is 41.9 Å². The standard InChI is InChI=1S/C31H32FN3O4/c1-18-6-5-8-27-28(18)23(16-34-27)14-25(17-36)35-31(38)26-15-21(10-19-7-3-4-9-39-29(19)26)20-11-22(30(37)33-2)13-24(32)12-20/h5-6,8,10-13,15-16,25,34,36H,3-4,7,9,14,17H2,1-2H3,(H,33,37)(H,35,38). The largest absolute Gasteiger partial charge is 0.492 e. The third-order valence-corrected chi connectivity index (χ3v) is 7.24. The Labute approximate surface area is 226 Å². The van der Waals surface area contributed by atoms with Gasteiger partial charge in [0.05, 0.1) is 24.8 Å². The van der Waals surface area contributed by atoms with Crippen molar-refractivity contribution in [2.45, 2.75) is 38.6 Å². The van der Waals surface area contributed by atoms with Crippen LogP contribution in [0, 0.1) is 12.7 Å². The molecule has 1 aliphatic rings. The van der Waals surface area contributed by atoms with Gasteiger partial charge in [0.15, 0.2) is 0 Å². The summed E-state index contributed by atoms with van der Waals surface area (Å²) in [5.74, 6) is -0.812. The van der Waals surface area contributed by atoms with Crippen LogP contribution in [0.3, 0.4) is 0 Å². The summed E-state index contributed by atoms with van der Waals surface area (Å²) in [6.07, 6.45) is 4.80. The third kappa shape index (κ3) is 5.52. The van der Waals surface area contributed by atoms with Crippen LogP contribution >= 0.6 is 0 Å². The van der Waals surface area contributed by atoms with Crippen molar-refractivity contribution < 1.29 is 23.8 Å². The number of amides is 2. The van der Waals surface area contributed by atoms with Crippen LogP contribution in [0.25, 0.3) is 22.0 Å². The lowest BCUT2D eigenvalue weighted by molar-refractivity contribution is 0.0911. The molecule has 0 spiro atoms. The Bertz CT molecular complexity index is 1540. The smallest absolute Gasteiger partial charge is 0.255 e. The van der Waals surface area contributed by atoms with E-state index in [9.17, 15) is 19.1 Å². The van der Waals surface area contributed by atoms with E-state index < -0.39 is 17.8 Å². The second-order valence-electron chi connectivity index (χ2n) is 9.99. The van der Waals surface area contributed by atoms with Crippen molar-refractivity contribution in [3.63, 3.8) is 0 Å². The number of aliphatic hydroxyl groups excluding tert-OH is 1. The fourth-order valence-corrected chi connectivity index (χ4v) is 5.31. The average Bonchev–Trinajstić information content (AvgIpc) is 3.20. The molecule has 1 aromatic heterocycles. The molecule has 39 heavy (non-hydrogen) atoms. The van der Waals surface area contributed by atoms with Crippen molar-refractivity contribution in [1.82, 2.24) is 15.6 Å². The summed E-state index contributed by atoms with van der Waals surface area (Å²) in [5, 5.41) is 16.8. The molecular formula is C31H32FN3O4. The van der Waals surface area contributed by atoms with Crippen molar-refractivity contribution >= 4 is 22.7 Å². The summed E-state index contributed by atoms with van der Waals surface area (Å²) in [5.41, 5.74) is 5.60. The number of aromatic amines is 1. The van der Waals surface area contributed by atoms with Gasteiger partial charge in [-0.15, -0.1) is 0 Å². The Morgan fingerprint density at radius 1 is 1.10 bits per heavy atom. The number of nitrogens with one attached hydrogen (secondary N) is 3. The van der Waals surface area contributed by atoms with Gasteiger partial charge in [-0.1, -0.05) is 12.1 Å². The van der Waals surface area contributed by atoms with E-state index in [1.807, 2.05) is 37.4 Å². The first kappa shape index (κ1) is 26.4.